The Bertz CT molecular complexity index is 64.8. The van der Waals surface area contributed by atoms with Crippen LogP contribution in [0.4, 0.5) is 0 Å². The fraction of sp³-hybridized carbons (Fsp3) is 0.714. The van der Waals surface area contributed by atoms with Gasteiger partial charge in [0.2, 0.25) is 0 Å². The third-order valence-electron chi connectivity index (χ3n) is 0.683. The molecule has 0 spiro atoms. The summed E-state index contributed by atoms with van der Waals surface area (Å²) < 4.78 is 0. The molecule has 8 heavy (non-hydrogen) atoms. The largest absolute Gasteiger partial charge is 0.132 e. The SMILES string of the molecule is CCC=CSC(C)C. The van der Waals surface area contributed by atoms with Crippen LogP contribution in [0.5, 0.6) is 0 Å². The summed E-state index contributed by atoms with van der Waals surface area (Å²) in [5, 5.41) is 2.91. The van der Waals surface area contributed by atoms with Crippen molar-refractivity contribution in [3.8, 4) is 0 Å². The lowest BCUT2D eigenvalue weighted by atomic mass is 10.5. The molecule has 0 atom stereocenters. The zero-order chi connectivity index (χ0) is 6.41. The van der Waals surface area contributed by atoms with Gasteiger partial charge in [0.1, 0.15) is 0 Å². The number of allylic oxidation sites excluding steroid dienone is 1. The first kappa shape index (κ1) is 8.09. The van der Waals surface area contributed by atoms with Crippen molar-refractivity contribution < 1.29 is 0 Å². The first-order valence-corrected chi connectivity index (χ1v) is 4.02. The maximum absolute atomic E-state index is 2.20. The summed E-state index contributed by atoms with van der Waals surface area (Å²) in [6, 6.07) is 0. The summed E-state index contributed by atoms with van der Waals surface area (Å²) in [5.74, 6) is 0. The maximum atomic E-state index is 2.20. The fourth-order valence-corrected chi connectivity index (χ4v) is 0.927. The van der Waals surface area contributed by atoms with Crippen LogP contribution in [0.15, 0.2) is 11.5 Å². The third kappa shape index (κ3) is 6.09. The first-order chi connectivity index (χ1) is 3.77. The van der Waals surface area contributed by atoms with Crippen molar-refractivity contribution in [2.75, 3.05) is 0 Å². The highest BCUT2D eigenvalue weighted by molar-refractivity contribution is 8.02. The fourth-order valence-electron chi connectivity index (χ4n) is 0.309. The molecule has 0 fully saturated rings. The van der Waals surface area contributed by atoms with Gasteiger partial charge in [-0.3, -0.25) is 0 Å². The van der Waals surface area contributed by atoms with E-state index in [4.69, 9.17) is 0 Å². The Kier molecular flexibility index (Phi) is 5.29. The predicted molar refractivity (Wildman–Crippen MR) is 42.2 cm³/mol. The highest BCUT2D eigenvalue weighted by atomic mass is 32.2. The van der Waals surface area contributed by atoms with Crippen LogP contribution in [0.3, 0.4) is 0 Å². The van der Waals surface area contributed by atoms with Crippen molar-refractivity contribution >= 4 is 11.8 Å². The van der Waals surface area contributed by atoms with Crippen LogP contribution in [-0.4, -0.2) is 5.25 Å². The topological polar surface area (TPSA) is 0 Å². The monoisotopic (exact) mass is 130 g/mol. The lowest BCUT2D eigenvalue weighted by Gasteiger charge is -1.94. The lowest BCUT2D eigenvalue weighted by molar-refractivity contribution is 1.12. The molecule has 1 heteroatoms. The van der Waals surface area contributed by atoms with Gasteiger partial charge in [-0.25, -0.2) is 0 Å². The van der Waals surface area contributed by atoms with Gasteiger partial charge < -0.3 is 0 Å². The van der Waals surface area contributed by atoms with Crippen molar-refractivity contribution in [2.45, 2.75) is 32.4 Å². The second kappa shape index (κ2) is 5.23. The molecule has 0 aromatic carbocycles. The second-order valence-corrected chi connectivity index (χ2v) is 3.45. The summed E-state index contributed by atoms with van der Waals surface area (Å²) in [6.45, 7) is 6.55. The number of rotatable bonds is 3. The number of thioether (sulfide) groups is 1. The van der Waals surface area contributed by atoms with Gasteiger partial charge in [0.05, 0.1) is 0 Å². The van der Waals surface area contributed by atoms with E-state index in [1.807, 2.05) is 11.8 Å². The molecular formula is C7H14S. The summed E-state index contributed by atoms with van der Waals surface area (Å²) in [6.07, 6.45) is 3.34. The van der Waals surface area contributed by atoms with Crippen molar-refractivity contribution in [1.82, 2.24) is 0 Å². The molecule has 0 nitrogen and oxygen atoms in total. The first-order valence-electron chi connectivity index (χ1n) is 3.07. The van der Waals surface area contributed by atoms with Gasteiger partial charge in [0.15, 0.2) is 0 Å². The molecule has 0 N–H and O–H groups in total. The van der Waals surface area contributed by atoms with E-state index < -0.39 is 0 Å². The van der Waals surface area contributed by atoms with E-state index in [2.05, 4.69) is 32.3 Å². The number of hydrogen-bond acceptors (Lipinski definition) is 1. The average Bonchev–Trinajstić information content (AvgIpc) is 1.66. The highest BCUT2D eigenvalue weighted by Crippen LogP contribution is 2.09. The van der Waals surface area contributed by atoms with Gasteiger partial charge in [0.25, 0.3) is 0 Å². The van der Waals surface area contributed by atoms with E-state index in [1.165, 1.54) is 0 Å². The number of hydrogen-bond donors (Lipinski definition) is 0. The van der Waals surface area contributed by atoms with E-state index >= 15 is 0 Å². The molecule has 48 valence electrons. The molecule has 0 radical (unpaired) electrons. The molecule has 0 saturated carbocycles. The van der Waals surface area contributed by atoms with Gasteiger partial charge in [-0.15, -0.1) is 11.8 Å². The standard InChI is InChI=1S/C7H14S/c1-4-5-6-8-7(2)3/h5-7H,4H2,1-3H3. The molecular weight excluding hydrogens is 116 g/mol. The molecule has 0 rings (SSSR count). The van der Waals surface area contributed by atoms with E-state index in [9.17, 15) is 0 Å². The van der Waals surface area contributed by atoms with E-state index in [-0.39, 0.29) is 0 Å². The Morgan fingerprint density at radius 2 is 2.12 bits per heavy atom. The van der Waals surface area contributed by atoms with E-state index in [0.29, 0.717) is 0 Å². The normalized spacial score (nSPS) is 11.5. The molecule has 0 bridgehead atoms. The second-order valence-electron chi connectivity index (χ2n) is 1.96. The molecule has 0 aliphatic heterocycles. The van der Waals surface area contributed by atoms with Crippen LogP contribution in [0.25, 0.3) is 0 Å². The van der Waals surface area contributed by atoms with Crippen LogP contribution in [0, 0.1) is 0 Å². The van der Waals surface area contributed by atoms with Crippen molar-refractivity contribution in [3.63, 3.8) is 0 Å². The minimum Gasteiger partial charge on any atom is -0.132 e. The third-order valence-corrected chi connectivity index (χ3v) is 1.58. The molecule has 0 aromatic rings. The Morgan fingerprint density at radius 3 is 2.50 bits per heavy atom. The predicted octanol–water partition coefficient (Wildman–Crippen LogP) is 3.05. The maximum Gasteiger partial charge on any atom is 0.00316 e. The van der Waals surface area contributed by atoms with Crippen LogP contribution >= 0.6 is 11.8 Å². The van der Waals surface area contributed by atoms with Crippen molar-refractivity contribution in [3.05, 3.63) is 11.5 Å². The smallest absolute Gasteiger partial charge is 0.00316 e. The lowest BCUT2D eigenvalue weighted by Crippen LogP contribution is -1.79. The van der Waals surface area contributed by atoms with Gasteiger partial charge in [0, 0.05) is 5.25 Å². The Balaban J connectivity index is 3.03. The average molecular weight is 130 g/mol. The summed E-state index contributed by atoms with van der Waals surface area (Å²) in [5.41, 5.74) is 0. The molecule has 0 heterocycles. The summed E-state index contributed by atoms with van der Waals surface area (Å²) in [4.78, 5) is 0. The Labute approximate surface area is 56.4 Å². The minimum absolute atomic E-state index is 0.734. The quantitative estimate of drug-likeness (QED) is 0.566. The molecule has 0 amide bonds. The Morgan fingerprint density at radius 1 is 1.50 bits per heavy atom. The minimum atomic E-state index is 0.734. The Hall–Kier alpha value is 0.0900. The van der Waals surface area contributed by atoms with Crippen LogP contribution < -0.4 is 0 Å². The molecule has 0 aliphatic carbocycles. The summed E-state index contributed by atoms with van der Waals surface area (Å²) in [7, 11) is 0. The van der Waals surface area contributed by atoms with Crippen molar-refractivity contribution in [2.24, 2.45) is 0 Å². The van der Waals surface area contributed by atoms with Crippen LogP contribution in [0.2, 0.25) is 0 Å². The highest BCUT2D eigenvalue weighted by Gasteiger charge is 1.84. The van der Waals surface area contributed by atoms with Crippen LogP contribution in [0.1, 0.15) is 27.2 Å². The van der Waals surface area contributed by atoms with E-state index in [1.54, 1.807) is 0 Å². The van der Waals surface area contributed by atoms with Gasteiger partial charge in [-0.05, 0) is 11.8 Å². The molecule has 0 saturated heterocycles. The summed E-state index contributed by atoms with van der Waals surface area (Å²) >= 11 is 1.88. The zero-order valence-corrected chi connectivity index (χ0v) is 6.66. The van der Waals surface area contributed by atoms with Gasteiger partial charge in [-0.2, -0.15) is 0 Å². The van der Waals surface area contributed by atoms with Gasteiger partial charge >= 0.3 is 0 Å². The molecule has 0 aliphatic rings. The molecule has 0 aromatic heterocycles. The molecule has 0 unspecified atom stereocenters. The zero-order valence-electron chi connectivity index (χ0n) is 5.85. The van der Waals surface area contributed by atoms with Gasteiger partial charge in [-0.1, -0.05) is 26.8 Å². The van der Waals surface area contributed by atoms with Crippen LogP contribution in [-0.2, 0) is 0 Å². The van der Waals surface area contributed by atoms with E-state index in [0.717, 1.165) is 11.7 Å². The van der Waals surface area contributed by atoms with Crippen molar-refractivity contribution in [1.29, 1.82) is 0 Å².